The lowest BCUT2D eigenvalue weighted by Crippen LogP contribution is -2.32. The highest BCUT2D eigenvalue weighted by Gasteiger charge is 2.19. The number of fused-ring (bicyclic) bond motifs is 1. The van der Waals surface area contributed by atoms with Gasteiger partial charge in [-0.05, 0) is 30.5 Å². The van der Waals surface area contributed by atoms with Crippen LogP contribution in [-0.2, 0) is 13.0 Å². The van der Waals surface area contributed by atoms with E-state index in [4.69, 9.17) is 16.3 Å². The van der Waals surface area contributed by atoms with Crippen molar-refractivity contribution in [1.82, 2.24) is 5.32 Å². The first-order valence-corrected chi connectivity index (χ1v) is 7.71. The van der Waals surface area contributed by atoms with Gasteiger partial charge in [0.2, 0.25) is 0 Å². The van der Waals surface area contributed by atoms with Crippen LogP contribution in [0.3, 0.4) is 0 Å². The normalized spacial score (nSPS) is 15.4. The summed E-state index contributed by atoms with van der Waals surface area (Å²) in [5.74, 6) is 1.78. The molecule has 0 bridgehead atoms. The fraction of sp³-hybridized carbons (Fsp3) is 0.625. The van der Waals surface area contributed by atoms with E-state index >= 15 is 0 Å². The van der Waals surface area contributed by atoms with Crippen LogP contribution >= 0.6 is 11.6 Å². The zero-order valence-electron chi connectivity index (χ0n) is 12.1. The van der Waals surface area contributed by atoms with Gasteiger partial charge in [-0.3, -0.25) is 0 Å². The molecule has 0 radical (unpaired) electrons. The van der Waals surface area contributed by atoms with Crippen LogP contribution < -0.4 is 10.1 Å². The Bertz CT molecular complexity index is 429. The summed E-state index contributed by atoms with van der Waals surface area (Å²) in [7, 11) is 0. The van der Waals surface area contributed by atoms with Crippen molar-refractivity contribution in [3.8, 4) is 5.75 Å². The third-order valence-corrected chi connectivity index (χ3v) is 4.41. The highest BCUT2D eigenvalue weighted by molar-refractivity contribution is 6.30. The van der Waals surface area contributed by atoms with E-state index in [1.165, 1.54) is 24.0 Å². The fourth-order valence-corrected chi connectivity index (χ4v) is 3.17. The average molecular weight is 282 g/mol. The molecule has 0 aromatic heterocycles. The number of nitrogens with one attached hydrogen (secondary N) is 1. The van der Waals surface area contributed by atoms with Crippen molar-refractivity contribution in [3.63, 3.8) is 0 Å². The Morgan fingerprint density at radius 3 is 2.74 bits per heavy atom. The van der Waals surface area contributed by atoms with Crippen LogP contribution in [0.2, 0.25) is 5.02 Å². The minimum Gasteiger partial charge on any atom is -0.493 e. The highest BCUT2D eigenvalue weighted by Crippen LogP contribution is 2.32. The summed E-state index contributed by atoms with van der Waals surface area (Å²) in [4.78, 5) is 0. The molecule has 106 valence electrons. The highest BCUT2D eigenvalue weighted by atomic mass is 35.5. The Hall–Kier alpha value is -0.730. The van der Waals surface area contributed by atoms with Gasteiger partial charge in [-0.1, -0.05) is 38.3 Å². The molecular formula is C16H24ClNO. The third kappa shape index (κ3) is 3.43. The molecule has 0 amide bonds. The maximum atomic E-state index is 6.18. The van der Waals surface area contributed by atoms with E-state index < -0.39 is 0 Å². The summed E-state index contributed by atoms with van der Waals surface area (Å²) < 4.78 is 5.73. The molecule has 1 aromatic carbocycles. The Balaban J connectivity index is 2.04. The van der Waals surface area contributed by atoms with Crippen LogP contribution in [0.15, 0.2) is 12.1 Å². The number of halogens is 1. The van der Waals surface area contributed by atoms with Crippen LogP contribution in [0.4, 0.5) is 0 Å². The van der Waals surface area contributed by atoms with E-state index in [9.17, 15) is 0 Å². The van der Waals surface area contributed by atoms with Crippen molar-refractivity contribution in [2.75, 3.05) is 6.61 Å². The Kier molecular flexibility index (Phi) is 5.12. The first-order chi connectivity index (χ1) is 9.15. The number of rotatable bonds is 6. The van der Waals surface area contributed by atoms with Gasteiger partial charge in [-0.15, -0.1) is 0 Å². The summed E-state index contributed by atoms with van der Waals surface area (Å²) in [5, 5.41) is 4.44. The minimum atomic E-state index is 0.519. The van der Waals surface area contributed by atoms with Crippen molar-refractivity contribution < 1.29 is 4.74 Å². The molecule has 19 heavy (non-hydrogen) atoms. The van der Waals surface area contributed by atoms with Gasteiger partial charge in [-0.25, -0.2) is 0 Å². The maximum absolute atomic E-state index is 6.18. The largest absolute Gasteiger partial charge is 0.493 e. The lowest BCUT2D eigenvalue weighted by molar-refractivity contribution is 0.338. The van der Waals surface area contributed by atoms with E-state index in [-0.39, 0.29) is 0 Å². The Labute approximate surface area is 121 Å². The predicted molar refractivity (Wildman–Crippen MR) is 81.0 cm³/mol. The average Bonchev–Trinajstić information content (AvgIpc) is 2.85. The molecule has 0 fully saturated rings. The summed E-state index contributed by atoms with van der Waals surface area (Å²) in [5.41, 5.74) is 2.44. The zero-order valence-corrected chi connectivity index (χ0v) is 12.9. The Morgan fingerprint density at radius 2 is 2.05 bits per heavy atom. The van der Waals surface area contributed by atoms with Crippen molar-refractivity contribution in [1.29, 1.82) is 0 Å². The van der Waals surface area contributed by atoms with Crippen molar-refractivity contribution >= 4 is 11.6 Å². The molecular weight excluding hydrogens is 258 g/mol. The monoisotopic (exact) mass is 281 g/mol. The summed E-state index contributed by atoms with van der Waals surface area (Å²) in [6.45, 7) is 8.40. The molecule has 0 saturated carbocycles. The van der Waals surface area contributed by atoms with Crippen LogP contribution in [-0.4, -0.2) is 12.6 Å². The van der Waals surface area contributed by atoms with Gasteiger partial charge in [0.1, 0.15) is 5.75 Å². The molecule has 0 aliphatic carbocycles. The van der Waals surface area contributed by atoms with E-state index in [0.717, 1.165) is 36.3 Å². The number of hydrogen-bond donors (Lipinski definition) is 1. The maximum Gasteiger partial charge on any atom is 0.127 e. The van der Waals surface area contributed by atoms with Gasteiger partial charge >= 0.3 is 0 Å². The molecule has 1 N–H and O–H groups in total. The van der Waals surface area contributed by atoms with E-state index in [0.29, 0.717) is 6.04 Å². The second-order valence-electron chi connectivity index (χ2n) is 5.40. The summed E-state index contributed by atoms with van der Waals surface area (Å²) in [6, 6.07) is 4.57. The van der Waals surface area contributed by atoms with E-state index in [1.54, 1.807) is 0 Å². The fourth-order valence-electron chi connectivity index (χ4n) is 2.91. The molecule has 1 aliphatic rings. The Morgan fingerprint density at radius 1 is 1.32 bits per heavy atom. The van der Waals surface area contributed by atoms with Gasteiger partial charge in [0.05, 0.1) is 6.61 Å². The first-order valence-electron chi connectivity index (χ1n) is 7.33. The molecule has 2 rings (SSSR count). The summed E-state index contributed by atoms with van der Waals surface area (Å²) >= 11 is 6.18. The van der Waals surface area contributed by atoms with Crippen molar-refractivity contribution in [3.05, 3.63) is 28.3 Å². The lowest BCUT2D eigenvalue weighted by atomic mass is 9.95. The standard InChI is InChI=1S/C16H24ClNO/c1-4-12(5-2)11(3)18-10-14-9-15(17)8-13-6-7-19-16(13)14/h8-9,11-12,18H,4-7,10H2,1-3H3. The zero-order chi connectivity index (χ0) is 13.8. The molecule has 1 atom stereocenters. The lowest BCUT2D eigenvalue weighted by Gasteiger charge is -2.23. The van der Waals surface area contributed by atoms with Gasteiger partial charge in [0.25, 0.3) is 0 Å². The molecule has 3 heteroatoms. The van der Waals surface area contributed by atoms with Gasteiger partial charge in [-0.2, -0.15) is 0 Å². The van der Waals surface area contributed by atoms with Gasteiger partial charge < -0.3 is 10.1 Å². The number of hydrogen-bond acceptors (Lipinski definition) is 2. The smallest absolute Gasteiger partial charge is 0.127 e. The predicted octanol–water partition coefficient (Wildman–Crippen LogP) is 4.19. The minimum absolute atomic E-state index is 0.519. The molecule has 2 nitrogen and oxygen atoms in total. The van der Waals surface area contributed by atoms with Gasteiger partial charge in [0, 0.05) is 29.6 Å². The SMILES string of the molecule is CCC(CC)C(C)NCc1cc(Cl)cc2c1OCC2. The van der Waals surface area contributed by atoms with Crippen LogP contribution in [0, 0.1) is 5.92 Å². The van der Waals surface area contributed by atoms with E-state index in [1.807, 2.05) is 12.1 Å². The van der Waals surface area contributed by atoms with Crippen molar-refractivity contribution in [2.45, 2.75) is 52.6 Å². The third-order valence-electron chi connectivity index (χ3n) is 4.20. The molecule has 0 saturated heterocycles. The molecule has 1 aliphatic heterocycles. The first kappa shape index (κ1) is 14.7. The summed E-state index contributed by atoms with van der Waals surface area (Å²) in [6.07, 6.45) is 3.41. The quantitative estimate of drug-likeness (QED) is 0.844. The molecule has 1 heterocycles. The molecule has 1 aromatic rings. The molecule has 1 unspecified atom stereocenters. The second kappa shape index (κ2) is 6.62. The second-order valence-corrected chi connectivity index (χ2v) is 5.83. The molecule has 0 spiro atoms. The van der Waals surface area contributed by atoms with Crippen LogP contribution in [0.25, 0.3) is 0 Å². The van der Waals surface area contributed by atoms with Crippen molar-refractivity contribution in [2.24, 2.45) is 5.92 Å². The van der Waals surface area contributed by atoms with Crippen LogP contribution in [0.5, 0.6) is 5.75 Å². The van der Waals surface area contributed by atoms with Crippen LogP contribution in [0.1, 0.15) is 44.7 Å². The topological polar surface area (TPSA) is 21.3 Å². The number of ether oxygens (including phenoxy) is 1. The van der Waals surface area contributed by atoms with Gasteiger partial charge in [0.15, 0.2) is 0 Å². The van der Waals surface area contributed by atoms with E-state index in [2.05, 4.69) is 26.1 Å². The number of benzene rings is 1.